The van der Waals surface area contributed by atoms with E-state index in [0.29, 0.717) is 24.8 Å². The topological polar surface area (TPSA) is 102 Å². The van der Waals surface area contributed by atoms with Gasteiger partial charge in [0.2, 0.25) is 0 Å². The third-order valence-electron chi connectivity index (χ3n) is 6.36. The smallest absolute Gasteiger partial charge is 0.337 e. The number of ether oxygens (including phenoxy) is 1. The number of carbonyl (C=O) groups is 1. The largest absolute Gasteiger partial charge is 0.478 e. The molecular formula is C21H32N4O5S. The number of rotatable bonds is 7. The summed E-state index contributed by atoms with van der Waals surface area (Å²) < 4.78 is 34.3. The zero-order valence-electron chi connectivity index (χ0n) is 17.8. The van der Waals surface area contributed by atoms with Crippen LogP contribution >= 0.6 is 0 Å². The number of piperidine rings is 1. The van der Waals surface area contributed by atoms with Gasteiger partial charge in [0.1, 0.15) is 0 Å². The zero-order valence-corrected chi connectivity index (χ0v) is 18.6. The Morgan fingerprint density at radius 2 is 1.84 bits per heavy atom. The number of nitrogens with one attached hydrogen (secondary N) is 1. The van der Waals surface area contributed by atoms with Gasteiger partial charge in [-0.2, -0.15) is 12.7 Å². The van der Waals surface area contributed by atoms with E-state index in [2.05, 4.69) is 14.5 Å². The predicted molar refractivity (Wildman–Crippen MR) is 119 cm³/mol. The van der Waals surface area contributed by atoms with Crippen molar-refractivity contribution in [2.45, 2.75) is 25.7 Å². The molecule has 3 heterocycles. The number of anilines is 2. The first kappa shape index (κ1) is 22.3. The second-order valence-electron chi connectivity index (χ2n) is 8.62. The highest BCUT2D eigenvalue weighted by Crippen LogP contribution is 2.30. The second kappa shape index (κ2) is 9.72. The van der Waals surface area contributed by atoms with Crippen molar-refractivity contribution in [3.8, 4) is 0 Å². The number of hydrogen-bond acceptors (Lipinski definition) is 6. The molecule has 3 fully saturated rings. The molecule has 1 aromatic carbocycles. The zero-order chi connectivity index (χ0) is 21.8. The van der Waals surface area contributed by atoms with Crippen LogP contribution in [-0.2, 0) is 14.9 Å². The number of hydrogen-bond donors (Lipinski definition) is 2. The van der Waals surface area contributed by atoms with Crippen LogP contribution in [0.1, 0.15) is 36.0 Å². The number of likely N-dealkylation sites (tertiary alicyclic amines) is 1. The van der Waals surface area contributed by atoms with Gasteiger partial charge in [0.15, 0.2) is 0 Å². The fourth-order valence-electron chi connectivity index (χ4n) is 4.81. The molecule has 0 radical (unpaired) electrons. The third kappa shape index (κ3) is 5.49. The van der Waals surface area contributed by atoms with Gasteiger partial charge in [0.05, 0.1) is 30.2 Å². The highest BCUT2D eigenvalue weighted by Gasteiger charge is 2.28. The van der Waals surface area contributed by atoms with Crippen molar-refractivity contribution in [2.24, 2.45) is 5.92 Å². The van der Waals surface area contributed by atoms with E-state index in [-0.39, 0.29) is 24.3 Å². The van der Waals surface area contributed by atoms with Gasteiger partial charge in [0.25, 0.3) is 0 Å². The molecule has 0 aromatic heterocycles. The summed E-state index contributed by atoms with van der Waals surface area (Å²) in [4.78, 5) is 16.7. The van der Waals surface area contributed by atoms with E-state index < -0.39 is 16.2 Å². The molecule has 1 aromatic rings. The molecule has 4 rings (SSSR count). The summed E-state index contributed by atoms with van der Waals surface area (Å²) in [6.07, 6.45) is 4.72. The van der Waals surface area contributed by atoms with E-state index in [0.717, 1.165) is 45.6 Å². The Kier molecular flexibility index (Phi) is 7.00. The van der Waals surface area contributed by atoms with Crippen LogP contribution in [0.3, 0.4) is 0 Å². The molecule has 172 valence electrons. The van der Waals surface area contributed by atoms with Crippen molar-refractivity contribution in [3.05, 3.63) is 23.8 Å². The highest BCUT2D eigenvalue weighted by molar-refractivity contribution is 7.90. The van der Waals surface area contributed by atoms with Crippen LogP contribution in [0.5, 0.6) is 0 Å². The molecule has 3 aliphatic rings. The average molecular weight is 453 g/mol. The number of carboxylic acids is 1. The van der Waals surface area contributed by atoms with E-state index >= 15 is 0 Å². The minimum atomic E-state index is -3.75. The Labute approximate surface area is 184 Å². The van der Waals surface area contributed by atoms with Crippen LogP contribution in [0.15, 0.2) is 18.2 Å². The summed E-state index contributed by atoms with van der Waals surface area (Å²) in [6.45, 7) is 6.31. The molecule has 2 N–H and O–H groups in total. The first-order valence-corrected chi connectivity index (χ1v) is 12.6. The maximum absolute atomic E-state index is 12.6. The van der Waals surface area contributed by atoms with Crippen LogP contribution in [0, 0.1) is 5.92 Å². The number of carboxylic acid groups (broad SMARTS) is 1. The first-order valence-electron chi connectivity index (χ1n) is 11.1. The maximum atomic E-state index is 12.6. The lowest BCUT2D eigenvalue weighted by atomic mass is 9.96. The van der Waals surface area contributed by atoms with Crippen molar-refractivity contribution >= 4 is 27.6 Å². The van der Waals surface area contributed by atoms with Crippen LogP contribution in [0.2, 0.25) is 0 Å². The average Bonchev–Trinajstić information content (AvgIpc) is 3.27. The number of nitrogens with zero attached hydrogens (tertiary/aromatic N) is 3. The van der Waals surface area contributed by atoms with Crippen molar-refractivity contribution < 1.29 is 23.1 Å². The molecule has 0 bridgehead atoms. The number of benzene rings is 1. The minimum absolute atomic E-state index is 0.129. The monoisotopic (exact) mass is 452 g/mol. The van der Waals surface area contributed by atoms with Crippen LogP contribution in [-0.4, -0.2) is 87.7 Å². The van der Waals surface area contributed by atoms with Crippen molar-refractivity contribution in [2.75, 3.05) is 68.6 Å². The summed E-state index contributed by atoms with van der Waals surface area (Å²) in [5.41, 5.74) is 1.05. The van der Waals surface area contributed by atoms with Gasteiger partial charge >= 0.3 is 16.2 Å². The highest BCUT2D eigenvalue weighted by atomic mass is 32.2. The molecular weight excluding hydrogens is 420 g/mol. The Balaban J connectivity index is 1.48. The van der Waals surface area contributed by atoms with Crippen molar-refractivity contribution in [1.82, 2.24) is 9.21 Å². The fourth-order valence-corrected chi connectivity index (χ4v) is 5.99. The maximum Gasteiger partial charge on any atom is 0.337 e. The Morgan fingerprint density at radius 3 is 2.55 bits per heavy atom. The second-order valence-corrected chi connectivity index (χ2v) is 10.3. The van der Waals surface area contributed by atoms with E-state index in [1.165, 1.54) is 23.2 Å². The molecule has 1 unspecified atom stereocenters. The van der Waals surface area contributed by atoms with E-state index in [1.54, 1.807) is 12.1 Å². The van der Waals surface area contributed by atoms with Gasteiger partial charge in [-0.15, -0.1) is 0 Å². The molecule has 3 aliphatic heterocycles. The first-order chi connectivity index (χ1) is 14.9. The van der Waals surface area contributed by atoms with Crippen molar-refractivity contribution in [1.29, 1.82) is 0 Å². The summed E-state index contributed by atoms with van der Waals surface area (Å²) in [6, 6.07) is 4.82. The van der Waals surface area contributed by atoms with Gasteiger partial charge in [-0.3, -0.25) is 4.72 Å². The molecule has 3 saturated heterocycles. The summed E-state index contributed by atoms with van der Waals surface area (Å²) in [5, 5.41) is 9.82. The molecule has 31 heavy (non-hydrogen) atoms. The molecule has 0 amide bonds. The van der Waals surface area contributed by atoms with Gasteiger partial charge in [-0.25, -0.2) is 4.79 Å². The lowest BCUT2D eigenvalue weighted by Gasteiger charge is -2.36. The predicted octanol–water partition coefficient (Wildman–Crippen LogP) is 1.69. The molecule has 0 saturated carbocycles. The van der Waals surface area contributed by atoms with Gasteiger partial charge in [-0.1, -0.05) is 0 Å². The molecule has 9 nitrogen and oxygen atoms in total. The van der Waals surface area contributed by atoms with Crippen molar-refractivity contribution in [3.63, 3.8) is 0 Å². The third-order valence-corrected chi connectivity index (χ3v) is 7.90. The standard InChI is InChI=1S/C21H32N4O5S/c26-21(27)19-14-18(22-31(28,29)25-10-12-30-13-11-25)5-6-20(19)24-9-3-4-17(16-24)15-23-7-1-2-8-23/h5-6,14,17,22H,1-4,7-13,15-16H2,(H,26,27). The van der Waals surface area contributed by atoms with Gasteiger partial charge in [-0.05, 0) is 62.9 Å². The van der Waals surface area contributed by atoms with E-state index in [1.807, 2.05) is 0 Å². The van der Waals surface area contributed by atoms with E-state index in [9.17, 15) is 18.3 Å². The van der Waals surface area contributed by atoms with Gasteiger partial charge < -0.3 is 19.6 Å². The lowest BCUT2D eigenvalue weighted by Crippen LogP contribution is -2.43. The molecule has 10 heteroatoms. The normalized spacial score (nSPS) is 23.7. The number of aromatic carboxylic acids is 1. The lowest BCUT2D eigenvalue weighted by molar-refractivity contribution is 0.0697. The Bertz CT molecular complexity index is 882. The minimum Gasteiger partial charge on any atom is -0.478 e. The van der Waals surface area contributed by atoms with Gasteiger partial charge in [0, 0.05) is 32.7 Å². The summed E-state index contributed by atoms with van der Waals surface area (Å²) >= 11 is 0. The van der Waals surface area contributed by atoms with Crippen LogP contribution in [0.25, 0.3) is 0 Å². The summed E-state index contributed by atoms with van der Waals surface area (Å²) in [7, 11) is -3.75. The quantitative estimate of drug-likeness (QED) is 0.649. The van der Waals surface area contributed by atoms with Crippen LogP contribution in [0.4, 0.5) is 11.4 Å². The molecule has 1 atom stereocenters. The summed E-state index contributed by atoms with van der Waals surface area (Å²) in [5.74, 6) is -0.530. The van der Waals surface area contributed by atoms with E-state index in [4.69, 9.17) is 4.74 Å². The SMILES string of the molecule is O=C(O)c1cc(NS(=O)(=O)N2CCOCC2)ccc1N1CCCC(CN2CCCC2)C1. The van der Waals surface area contributed by atoms with Crippen LogP contribution < -0.4 is 9.62 Å². The molecule has 0 spiro atoms. The fraction of sp³-hybridized carbons (Fsp3) is 0.667. The Hall–Kier alpha value is -1.88. The molecule has 0 aliphatic carbocycles. The Morgan fingerprint density at radius 1 is 1.10 bits per heavy atom. The number of morpholine rings is 1.